The Morgan fingerprint density at radius 3 is 2.64 bits per heavy atom. The summed E-state index contributed by atoms with van der Waals surface area (Å²) in [6.45, 7) is 0.828. The lowest BCUT2D eigenvalue weighted by Gasteiger charge is -2.13. The number of amidine groups is 1. The van der Waals surface area contributed by atoms with Crippen molar-refractivity contribution in [2.75, 3.05) is 17.6 Å². The van der Waals surface area contributed by atoms with Crippen LogP contribution in [0.1, 0.15) is 22.3 Å². The van der Waals surface area contributed by atoms with Gasteiger partial charge in [0.05, 0.1) is 9.82 Å². The molecule has 166 valence electrons. The summed E-state index contributed by atoms with van der Waals surface area (Å²) in [6.07, 6.45) is 7.23. The molecule has 0 bridgehead atoms. The Bertz CT molecular complexity index is 1210. The highest BCUT2D eigenvalue weighted by atomic mass is 32.2. The smallest absolute Gasteiger partial charge is 0.283 e. The number of nitrogens with zero attached hydrogens (tertiary/aromatic N) is 4. The third-order valence-electron chi connectivity index (χ3n) is 4.57. The fraction of sp³-hybridized carbons (Fsp3) is 0.130. The van der Waals surface area contributed by atoms with Crippen LogP contribution in [0.15, 0.2) is 82.0 Å². The van der Waals surface area contributed by atoms with Gasteiger partial charge in [0.1, 0.15) is 0 Å². The van der Waals surface area contributed by atoms with E-state index in [0.29, 0.717) is 21.2 Å². The summed E-state index contributed by atoms with van der Waals surface area (Å²) >= 11 is 2.80. The zero-order chi connectivity index (χ0) is 23.0. The monoisotopic (exact) mass is 477 g/mol. The van der Waals surface area contributed by atoms with Gasteiger partial charge >= 0.3 is 0 Å². The van der Waals surface area contributed by atoms with Crippen molar-refractivity contribution in [3.63, 3.8) is 0 Å². The van der Waals surface area contributed by atoms with Crippen LogP contribution in [-0.2, 0) is 0 Å². The Morgan fingerprint density at radius 2 is 1.94 bits per heavy atom. The van der Waals surface area contributed by atoms with Crippen molar-refractivity contribution in [1.82, 2.24) is 9.97 Å². The first-order valence-electron chi connectivity index (χ1n) is 10.1. The Hall–Kier alpha value is -3.50. The molecule has 0 atom stereocenters. The highest BCUT2D eigenvalue weighted by Crippen LogP contribution is 2.33. The molecule has 1 N–H and O–H groups in total. The van der Waals surface area contributed by atoms with Crippen LogP contribution in [0.3, 0.4) is 0 Å². The summed E-state index contributed by atoms with van der Waals surface area (Å²) in [5, 5.41) is 16.1. The second kappa shape index (κ2) is 10.9. The Kier molecular flexibility index (Phi) is 7.48. The number of ketones is 1. The number of hydrogen-bond acceptors (Lipinski definition) is 9. The lowest BCUT2D eigenvalue weighted by molar-refractivity contribution is -0.387. The van der Waals surface area contributed by atoms with Gasteiger partial charge in [0.2, 0.25) is 0 Å². The van der Waals surface area contributed by atoms with Gasteiger partial charge in [-0.15, -0.1) is 0 Å². The lowest BCUT2D eigenvalue weighted by Crippen LogP contribution is -2.13. The minimum Gasteiger partial charge on any atom is -0.335 e. The van der Waals surface area contributed by atoms with Crippen molar-refractivity contribution in [2.45, 2.75) is 16.5 Å². The normalized spacial score (nSPS) is 13.5. The van der Waals surface area contributed by atoms with Crippen LogP contribution in [0.5, 0.6) is 0 Å². The van der Waals surface area contributed by atoms with Crippen molar-refractivity contribution in [1.29, 1.82) is 0 Å². The Balaban J connectivity index is 1.44. The molecule has 0 aliphatic carbocycles. The fourth-order valence-corrected chi connectivity index (χ4v) is 4.59. The van der Waals surface area contributed by atoms with E-state index in [9.17, 15) is 14.9 Å². The number of anilines is 1. The van der Waals surface area contributed by atoms with Crippen molar-refractivity contribution in [2.24, 2.45) is 4.99 Å². The number of nitro benzene ring substituents is 1. The minimum absolute atomic E-state index is 0.0685. The average Bonchev–Trinajstić information content (AvgIpc) is 2.85. The average molecular weight is 478 g/mol. The predicted octanol–water partition coefficient (Wildman–Crippen LogP) is 5.34. The van der Waals surface area contributed by atoms with Gasteiger partial charge in [-0.2, -0.15) is 0 Å². The van der Waals surface area contributed by atoms with E-state index >= 15 is 0 Å². The number of benzene rings is 2. The van der Waals surface area contributed by atoms with Gasteiger partial charge in [-0.3, -0.25) is 19.9 Å². The zero-order valence-electron chi connectivity index (χ0n) is 17.4. The van der Waals surface area contributed by atoms with Crippen molar-refractivity contribution in [3.05, 3.63) is 88.2 Å². The first-order chi connectivity index (χ1) is 16.1. The number of carbonyl (C=O) groups is 1. The van der Waals surface area contributed by atoms with E-state index in [1.807, 2.05) is 12.1 Å². The van der Waals surface area contributed by atoms with Gasteiger partial charge in [-0.05, 0) is 66.2 Å². The second-order valence-electron chi connectivity index (χ2n) is 6.91. The quantitative estimate of drug-likeness (QED) is 0.160. The van der Waals surface area contributed by atoms with E-state index in [-0.39, 0.29) is 11.5 Å². The molecule has 4 rings (SSSR count). The molecule has 10 heteroatoms. The first-order valence-corrected chi connectivity index (χ1v) is 11.9. The van der Waals surface area contributed by atoms with Crippen molar-refractivity contribution in [3.8, 4) is 0 Å². The van der Waals surface area contributed by atoms with Crippen LogP contribution < -0.4 is 5.32 Å². The summed E-state index contributed by atoms with van der Waals surface area (Å²) in [4.78, 5) is 36.7. The number of thioether (sulfide) groups is 1. The van der Waals surface area contributed by atoms with E-state index in [0.717, 1.165) is 41.3 Å². The topological polar surface area (TPSA) is 110 Å². The molecular weight excluding hydrogens is 458 g/mol. The van der Waals surface area contributed by atoms with Gasteiger partial charge in [0.15, 0.2) is 16.1 Å². The number of nitro groups is 1. The van der Waals surface area contributed by atoms with Crippen LogP contribution in [0.2, 0.25) is 0 Å². The maximum atomic E-state index is 12.6. The van der Waals surface area contributed by atoms with Crippen molar-refractivity contribution >= 4 is 51.9 Å². The Morgan fingerprint density at radius 1 is 1.15 bits per heavy atom. The van der Waals surface area contributed by atoms with Crippen LogP contribution >= 0.6 is 23.5 Å². The molecule has 2 aromatic carbocycles. The summed E-state index contributed by atoms with van der Waals surface area (Å²) < 4.78 is 0. The molecule has 1 aliphatic rings. The van der Waals surface area contributed by atoms with Gasteiger partial charge in [-0.25, -0.2) is 9.97 Å². The van der Waals surface area contributed by atoms with Gasteiger partial charge in [0, 0.05) is 42.0 Å². The molecule has 0 amide bonds. The van der Waals surface area contributed by atoms with Crippen LogP contribution in [-0.4, -0.2) is 38.1 Å². The molecule has 2 heterocycles. The summed E-state index contributed by atoms with van der Waals surface area (Å²) in [5.74, 6) is 0.857. The molecule has 0 saturated carbocycles. The number of carbonyl (C=O) groups excluding carboxylic acids is 1. The molecule has 33 heavy (non-hydrogen) atoms. The molecular formula is C23H19N5O3S2. The third kappa shape index (κ3) is 6.27. The first kappa shape index (κ1) is 22.7. The highest BCUT2D eigenvalue weighted by Gasteiger charge is 2.16. The largest absolute Gasteiger partial charge is 0.335 e. The van der Waals surface area contributed by atoms with Crippen LogP contribution in [0.25, 0.3) is 6.08 Å². The second-order valence-corrected chi connectivity index (χ2v) is 9.00. The molecule has 0 radical (unpaired) electrons. The molecule has 0 spiro atoms. The lowest BCUT2D eigenvalue weighted by atomic mass is 10.1. The maximum absolute atomic E-state index is 12.6. The number of rotatable bonds is 7. The molecule has 0 saturated heterocycles. The van der Waals surface area contributed by atoms with Crippen molar-refractivity contribution < 1.29 is 9.72 Å². The molecule has 0 fully saturated rings. The molecule has 0 unspecified atom stereocenters. The summed E-state index contributed by atoms with van der Waals surface area (Å²) in [5.41, 5.74) is 1.88. The van der Waals surface area contributed by atoms with Crippen LogP contribution in [0, 0.1) is 10.1 Å². The standard InChI is InChI=1S/C23H19N5O3S2/c29-20(17-5-7-18(8-6-17)27-23-26-13-2-14-32-23)9-3-16-4-10-21(19(15-16)28(30)31)33-22-24-11-1-12-25-22/h1,3-12,15H,2,13-14H2,(H,26,27). The summed E-state index contributed by atoms with van der Waals surface area (Å²) in [6, 6.07) is 13.6. The fourth-order valence-electron chi connectivity index (χ4n) is 2.95. The van der Waals surface area contributed by atoms with Gasteiger partial charge < -0.3 is 5.32 Å². The summed E-state index contributed by atoms with van der Waals surface area (Å²) in [7, 11) is 0. The van der Waals surface area contributed by atoms with Gasteiger partial charge in [0.25, 0.3) is 5.69 Å². The number of nitrogens with one attached hydrogen (secondary N) is 1. The molecule has 8 nitrogen and oxygen atoms in total. The number of aromatic nitrogens is 2. The van der Waals surface area contributed by atoms with E-state index in [2.05, 4.69) is 20.3 Å². The van der Waals surface area contributed by atoms with E-state index in [1.165, 1.54) is 12.1 Å². The number of allylic oxidation sites excluding steroid dienone is 1. The predicted molar refractivity (Wildman–Crippen MR) is 132 cm³/mol. The molecule has 1 aliphatic heterocycles. The highest BCUT2D eigenvalue weighted by molar-refractivity contribution is 8.14. The third-order valence-corrected chi connectivity index (χ3v) is 6.52. The Labute approximate surface area is 198 Å². The number of aliphatic imine (C=N–C) groups is 1. The van der Waals surface area contributed by atoms with E-state index < -0.39 is 4.92 Å². The van der Waals surface area contributed by atoms with E-state index in [4.69, 9.17) is 0 Å². The maximum Gasteiger partial charge on any atom is 0.283 e. The SMILES string of the molecule is O=C(C=Cc1ccc(Sc2ncccn2)c([N+](=O)[O-])c1)c1ccc(NC2=NCCCS2)cc1. The van der Waals surface area contributed by atoms with E-state index in [1.54, 1.807) is 60.6 Å². The molecule has 3 aromatic rings. The zero-order valence-corrected chi connectivity index (χ0v) is 19.0. The minimum atomic E-state index is -0.453. The van der Waals surface area contributed by atoms with Crippen LogP contribution in [0.4, 0.5) is 11.4 Å². The van der Waals surface area contributed by atoms with Gasteiger partial charge in [-0.1, -0.05) is 23.9 Å². The number of hydrogen-bond donors (Lipinski definition) is 1. The molecule has 1 aromatic heterocycles.